The molecule has 0 aliphatic carbocycles. The summed E-state index contributed by atoms with van der Waals surface area (Å²) in [5.74, 6) is 0. The Bertz CT molecular complexity index is 264. The van der Waals surface area contributed by atoms with Gasteiger partial charge in [-0.1, -0.05) is 30.3 Å². The largest absolute Gasteiger partial charge is 0.145 e. The Morgan fingerprint density at radius 3 is 2.55 bits per heavy atom. The lowest BCUT2D eigenvalue weighted by atomic mass is 10.1. The third-order valence-corrected chi connectivity index (χ3v) is 1.48. The molecule has 2 nitrogen and oxygen atoms in total. The van der Waals surface area contributed by atoms with Crippen LogP contribution in [0, 0.1) is 4.91 Å². The van der Waals surface area contributed by atoms with E-state index < -0.39 is 0 Å². The van der Waals surface area contributed by atoms with Crippen molar-refractivity contribution in [1.29, 1.82) is 0 Å². The zero-order chi connectivity index (χ0) is 8.10. The minimum Gasteiger partial charge on any atom is -0.145 e. The highest BCUT2D eigenvalue weighted by Crippen LogP contribution is 2.11. The molecule has 1 rings (SSSR count). The number of rotatable bonds is 2. The summed E-state index contributed by atoms with van der Waals surface area (Å²) in [7, 11) is 0. The lowest BCUT2D eigenvalue weighted by Gasteiger charge is -1.96. The van der Waals surface area contributed by atoms with E-state index in [0.717, 1.165) is 11.1 Å². The number of benzene rings is 1. The van der Waals surface area contributed by atoms with E-state index in [1.54, 1.807) is 0 Å². The second-order valence-electron chi connectivity index (χ2n) is 2.28. The molecule has 0 bridgehead atoms. The summed E-state index contributed by atoms with van der Waals surface area (Å²) in [6, 6.07) is 9.67. The predicted molar refractivity (Wildman–Crippen MR) is 45.9 cm³/mol. The van der Waals surface area contributed by atoms with Gasteiger partial charge in [-0.15, -0.1) is 4.91 Å². The predicted octanol–water partition coefficient (Wildman–Crippen LogP) is 2.81. The van der Waals surface area contributed by atoms with Crippen LogP contribution < -0.4 is 0 Å². The fourth-order valence-electron chi connectivity index (χ4n) is 0.855. The Balaban J connectivity index is 2.94. The molecule has 0 saturated heterocycles. The molecule has 1 aromatic rings. The normalized spacial score (nSPS) is 11.2. The van der Waals surface area contributed by atoms with Crippen molar-refractivity contribution in [3.8, 4) is 0 Å². The number of hydrogen-bond donors (Lipinski definition) is 0. The number of allylic oxidation sites excluding steroid dienone is 1. The lowest BCUT2D eigenvalue weighted by Crippen LogP contribution is -1.75. The molecular weight excluding hydrogens is 138 g/mol. The maximum atomic E-state index is 9.86. The summed E-state index contributed by atoms with van der Waals surface area (Å²) in [5, 5.41) is 2.70. The standard InChI is InChI=1S/C9H9NO/c1-8(7-10-11)9-5-3-2-4-6-9/h2-7H,1H3/b8-7+. The van der Waals surface area contributed by atoms with Crippen molar-refractivity contribution < 1.29 is 0 Å². The molecule has 0 unspecified atom stereocenters. The van der Waals surface area contributed by atoms with Crippen LogP contribution in [0.25, 0.3) is 5.57 Å². The first-order valence-electron chi connectivity index (χ1n) is 3.39. The van der Waals surface area contributed by atoms with Gasteiger partial charge in [0.25, 0.3) is 0 Å². The molecule has 0 saturated carbocycles. The maximum Gasteiger partial charge on any atom is 0.0750 e. The highest BCUT2D eigenvalue weighted by atomic mass is 16.2. The SMILES string of the molecule is C/C(=C\N=O)c1ccccc1. The molecule has 0 aliphatic rings. The van der Waals surface area contributed by atoms with E-state index in [4.69, 9.17) is 0 Å². The van der Waals surface area contributed by atoms with E-state index in [2.05, 4.69) is 5.18 Å². The molecule has 2 heteroatoms. The van der Waals surface area contributed by atoms with E-state index in [1.807, 2.05) is 37.3 Å². The maximum absolute atomic E-state index is 9.86. The fourth-order valence-corrected chi connectivity index (χ4v) is 0.855. The van der Waals surface area contributed by atoms with Gasteiger partial charge in [-0.3, -0.25) is 0 Å². The van der Waals surface area contributed by atoms with Crippen LogP contribution in [-0.2, 0) is 0 Å². The average molecular weight is 147 g/mol. The van der Waals surface area contributed by atoms with E-state index in [1.165, 1.54) is 6.20 Å². The highest BCUT2D eigenvalue weighted by Gasteiger charge is 1.91. The van der Waals surface area contributed by atoms with Gasteiger partial charge in [-0.25, -0.2) is 0 Å². The van der Waals surface area contributed by atoms with Gasteiger partial charge in [-0.05, 0) is 23.2 Å². The molecule has 0 atom stereocenters. The van der Waals surface area contributed by atoms with Gasteiger partial charge in [0.05, 0.1) is 6.20 Å². The minimum absolute atomic E-state index is 0.889. The van der Waals surface area contributed by atoms with Crippen LogP contribution in [0.15, 0.2) is 41.7 Å². The monoisotopic (exact) mass is 147 g/mol. The zero-order valence-corrected chi connectivity index (χ0v) is 6.32. The Morgan fingerprint density at radius 2 is 2.00 bits per heavy atom. The number of nitroso groups, excluding NO2 is 1. The molecule has 0 heterocycles. The Labute approximate surface area is 65.5 Å². The molecule has 0 aromatic heterocycles. The van der Waals surface area contributed by atoms with Crippen LogP contribution in [0.2, 0.25) is 0 Å². The van der Waals surface area contributed by atoms with Gasteiger partial charge in [0.1, 0.15) is 0 Å². The second-order valence-corrected chi connectivity index (χ2v) is 2.28. The van der Waals surface area contributed by atoms with Crippen molar-refractivity contribution in [2.24, 2.45) is 5.18 Å². The van der Waals surface area contributed by atoms with Crippen molar-refractivity contribution >= 4 is 5.57 Å². The molecule has 0 fully saturated rings. The van der Waals surface area contributed by atoms with Gasteiger partial charge in [0.15, 0.2) is 0 Å². The van der Waals surface area contributed by atoms with E-state index in [-0.39, 0.29) is 0 Å². The van der Waals surface area contributed by atoms with Gasteiger partial charge >= 0.3 is 0 Å². The summed E-state index contributed by atoms with van der Waals surface area (Å²) >= 11 is 0. The van der Waals surface area contributed by atoms with Crippen LogP contribution in [0.5, 0.6) is 0 Å². The van der Waals surface area contributed by atoms with Crippen molar-refractivity contribution in [3.63, 3.8) is 0 Å². The first-order chi connectivity index (χ1) is 5.34. The summed E-state index contributed by atoms with van der Waals surface area (Å²) in [5.41, 5.74) is 1.92. The molecule has 1 aromatic carbocycles. The Kier molecular flexibility index (Phi) is 2.55. The summed E-state index contributed by atoms with van der Waals surface area (Å²) in [6.07, 6.45) is 1.31. The Hall–Kier alpha value is -1.44. The van der Waals surface area contributed by atoms with Crippen molar-refractivity contribution in [3.05, 3.63) is 47.0 Å². The van der Waals surface area contributed by atoms with Crippen LogP contribution >= 0.6 is 0 Å². The lowest BCUT2D eigenvalue weighted by molar-refractivity contribution is 1.48. The van der Waals surface area contributed by atoms with Crippen LogP contribution in [0.4, 0.5) is 0 Å². The minimum atomic E-state index is 0.889. The molecule has 0 aliphatic heterocycles. The van der Waals surface area contributed by atoms with Crippen molar-refractivity contribution in [2.75, 3.05) is 0 Å². The first kappa shape index (κ1) is 7.66. The third kappa shape index (κ3) is 2.00. The second kappa shape index (κ2) is 3.66. The van der Waals surface area contributed by atoms with Crippen LogP contribution in [0.1, 0.15) is 12.5 Å². The molecule has 56 valence electrons. The van der Waals surface area contributed by atoms with E-state index >= 15 is 0 Å². The highest BCUT2D eigenvalue weighted by molar-refractivity contribution is 5.62. The Morgan fingerprint density at radius 1 is 1.36 bits per heavy atom. The van der Waals surface area contributed by atoms with E-state index in [0.29, 0.717) is 0 Å². The van der Waals surface area contributed by atoms with Gasteiger partial charge in [0, 0.05) is 0 Å². The molecule has 11 heavy (non-hydrogen) atoms. The van der Waals surface area contributed by atoms with Crippen LogP contribution in [0.3, 0.4) is 0 Å². The van der Waals surface area contributed by atoms with Crippen LogP contribution in [-0.4, -0.2) is 0 Å². The fraction of sp³-hybridized carbons (Fsp3) is 0.111. The third-order valence-electron chi connectivity index (χ3n) is 1.48. The first-order valence-corrected chi connectivity index (χ1v) is 3.39. The van der Waals surface area contributed by atoms with Crippen molar-refractivity contribution in [1.82, 2.24) is 0 Å². The van der Waals surface area contributed by atoms with Gasteiger partial charge in [-0.2, -0.15) is 0 Å². The van der Waals surface area contributed by atoms with E-state index in [9.17, 15) is 4.91 Å². The summed E-state index contributed by atoms with van der Waals surface area (Å²) < 4.78 is 0. The molecular formula is C9H9NO. The molecule has 0 amide bonds. The molecule has 0 radical (unpaired) electrons. The quantitative estimate of drug-likeness (QED) is 0.591. The molecule has 0 N–H and O–H groups in total. The smallest absolute Gasteiger partial charge is 0.0750 e. The number of nitrogens with zero attached hydrogens (tertiary/aromatic N) is 1. The summed E-state index contributed by atoms with van der Waals surface area (Å²) in [6.45, 7) is 1.86. The topological polar surface area (TPSA) is 29.4 Å². The average Bonchev–Trinajstić information content (AvgIpc) is 2.07. The zero-order valence-electron chi connectivity index (χ0n) is 6.32. The molecule has 0 spiro atoms. The van der Waals surface area contributed by atoms with Gasteiger partial charge in [0.2, 0.25) is 0 Å². The number of hydrogen-bond acceptors (Lipinski definition) is 2. The summed E-state index contributed by atoms with van der Waals surface area (Å²) in [4.78, 5) is 9.86. The van der Waals surface area contributed by atoms with Crippen molar-refractivity contribution in [2.45, 2.75) is 6.92 Å². The van der Waals surface area contributed by atoms with Gasteiger partial charge < -0.3 is 0 Å².